The van der Waals surface area contributed by atoms with Crippen molar-refractivity contribution in [3.63, 3.8) is 0 Å². The molecule has 1 aromatic heterocycles. The van der Waals surface area contributed by atoms with Gasteiger partial charge in [0.15, 0.2) is 0 Å². The number of hydrogen-bond acceptors (Lipinski definition) is 2. The molecule has 1 aromatic carbocycles. The second-order valence-corrected chi connectivity index (χ2v) is 5.48. The molecule has 1 heterocycles. The summed E-state index contributed by atoms with van der Waals surface area (Å²) in [5.74, 6) is 0. The van der Waals surface area contributed by atoms with Gasteiger partial charge in [-0.2, -0.15) is 0 Å². The van der Waals surface area contributed by atoms with Gasteiger partial charge >= 0.3 is 0 Å². The molecule has 2 rings (SSSR count). The number of aromatic nitrogens is 1. The van der Waals surface area contributed by atoms with Crippen molar-refractivity contribution in [2.75, 3.05) is 0 Å². The van der Waals surface area contributed by atoms with Gasteiger partial charge in [0.05, 0.1) is 5.52 Å². The van der Waals surface area contributed by atoms with Gasteiger partial charge in [0, 0.05) is 17.6 Å². The molecule has 2 heteroatoms. The molecule has 0 saturated carbocycles. The lowest BCUT2D eigenvalue weighted by atomic mass is 9.79. The molecule has 2 nitrogen and oxygen atoms in total. The highest BCUT2D eigenvalue weighted by molar-refractivity contribution is 5.79. The number of pyridine rings is 1. The topological polar surface area (TPSA) is 38.9 Å². The lowest BCUT2D eigenvalue weighted by Gasteiger charge is -2.27. The monoisotopic (exact) mass is 228 g/mol. The highest BCUT2D eigenvalue weighted by Gasteiger charge is 2.22. The summed E-state index contributed by atoms with van der Waals surface area (Å²) in [6.07, 6.45) is 2.82. The third-order valence-corrected chi connectivity index (χ3v) is 3.22. The lowest BCUT2D eigenvalue weighted by molar-refractivity contribution is 0.438. The molecule has 2 aromatic rings. The van der Waals surface area contributed by atoms with Crippen LogP contribution in [0.1, 0.15) is 32.8 Å². The standard InChI is InChI=1S/C15H20N2/c1-11(16)10-15(2,3)13-7-6-12-5-4-8-17-14(12)9-13/h4-9,11H,10,16H2,1-3H3. The van der Waals surface area contributed by atoms with Crippen LogP contribution < -0.4 is 5.73 Å². The van der Waals surface area contributed by atoms with Gasteiger partial charge in [-0.3, -0.25) is 4.98 Å². The number of benzene rings is 1. The molecule has 0 radical (unpaired) electrons. The zero-order valence-electron chi connectivity index (χ0n) is 10.8. The van der Waals surface area contributed by atoms with E-state index in [-0.39, 0.29) is 11.5 Å². The van der Waals surface area contributed by atoms with E-state index in [0.717, 1.165) is 11.9 Å². The second kappa shape index (κ2) is 4.46. The van der Waals surface area contributed by atoms with E-state index in [0.29, 0.717) is 0 Å². The molecule has 0 bridgehead atoms. The fourth-order valence-corrected chi connectivity index (χ4v) is 2.41. The van der Waals surface area contributed by atoms with E-state index in [1.165, 1.54) is 10.9 Å². The number of nitrogens with zero attached hydrogens (tertiary/aromatic N) is 1. The Labute approximate surface area is 103 Å². The highest BCUT2D eigenvalue weighted by atomic mass is 14.6. The first-order valence-corrected chi connectivity index (χ1v) is 6.10. The summed E-state index contributed by atoms with van der Waals surface area (Å²) in [5, 5.41) is 1.19. The molecule has 0 aliphatic heterocycles. The second-order valence-electron chi connectivity index (χ2n) is 5.48. The Balaban J connectivity index is 2.42. The summed E-state index contributed by atoms with van der Waals surface area (Å²) in [7, 11) is 0. The van der Waals surface area contributed by atoms with Gasteiger partial charge in [-0.15, -0.1) is 0 Å². The summed E-state index contributed by atoms with van der Waals surface area (Å²) >= 11 is 0. The van der Waals surface area contributed by atoms with Crippen LogP contribution in [0.2, 0.25) is 0 Å². The van der Waals surface area contributed by atoms with Crippen LogP contribution in [0.4, 0.5) is 0 Å². The maximum atomic E-state index is 5.91. The maximum Gasteiger partial charge on any atom is 0.0704 e. The number of fused-ring (bicyclic) bond motifs is 1. The summed E-state index contributed by atoms with van der Waals surface area (Å²) in [4.78, 5) is 4.40. The van der Waals surface area contributed by atoms with Crippen molar-refractivity contribution in [3.8, 4) is 0 Å². The average Bonchev–Trinajstić information content (AvgIpc) is 2.26. The Morgan fingerprint density at radius 2 is 2.06 bits per heavy atom. The molecule has 0 spiro atoms. The minimum Gasteiger partial charge on any atom is -0.328 e. The zero-order chi connectivity index (χ0) is 12.5. The third kappa shape index (κ3) is 2.64. The Bertz CT molecular complexity index is 515. The fraction of sp³-hybridized carbons (Fsp3) is 0.400. The molecular formula is C15H20N2. The van der Waals surface area contributed by atoms with E-state index in [1.54, 1.807) is 0 Å². The predicted molar refractivity (Wildman–Crippen MR) is 73.0 cm³/mol. The Morgan fingerprint density at radius 1 is 1.29 bits per heavy atom. The predicted octanol–water partition coefficient (Wildman–Crippen LogP) is 3.25. The van der Waals surface area contributed by atoms with Crippen LogP contribution in [0.15, 0.2) is 36.5 Å². The van der Waals surface area contributed by atoms with Crippen LogP contribution in [0.3, 0.4) is 0 Å². The fourth-order valence-electron chi connectivity index (χ4n) is 2.41. The SMILES string of the molecule is CC(N)CC(C)(C)c1ccc2cccnc2c1. The van der Waals surface area contributed by atoms with Crippen LogP contribution in [0, 0.1) is 0 Å². The molecular weight excluding hydrogens is 208 g/mol. The molecule has 0 saturated heterocycles. The van der Waals surface area contributed by atoms with Crippen LogP contribution in [-0.4, -0.2) is 11.0 Å². The van der Waals surface area contributed by atoms with Crippen LogP contribution in [0.5, 0.6) is 0 Å². The van der Waals surface area contributed by atoms with Crippen LogP contribution in [0.25, 0.3) is 10.9 Å². The van der Waals surface area contributed by atoms with Gasteiger partial charge in [-0.25, -0.2) is 0 Å². The average molecular weight is 228 g/mol. The van der Waals surface area contributed by atoms with E-state index in [4.69, 9.17) is 5.73 Å². The van der Waals surface area contributed by atoms with E-state index in [2.05, 4.69) is 50.0 Å². The summed E-state index contributed by atoms with van der Waals surface area (Å²) in [6, 6.07) is 10.8. The molecule has 1 atom stereocenters. The molecule has 17 heavy (non-hydrogen) atoms. The first kappa shape index (κ1) is 12.1. The molecule has 0 amide bonds. The molecule has 1 unspecified atom stereocenters. The molecule has 0 fully saturated rings. The lowest BCUT2D eigenvalue weighted by Crippen LogP contribution is -2.28. The van der Waals surface area contributed by atoms with Gasteiger partial charge in [0.25, 0.3) is 0 Å². The summed E-state index contributed by atoms with van der Waals surface area (Å²) in [5.41, 5.74) is 8.37. The van der Waals surface area contributed by atoms with Crippen molar-refractivity contribution in [2.24, 2.45) is 5.73 Å². The van der Waals surface area contributed by atoms with Crippen molar-refractivity contribution in [2.45, 2.75) is 38.6 Å². The number of hydrogen-bond donors (Lipinski definition) is 1. The Morgan fingerprint density at radius 3 is 2.76 bits per heavy atom. The smallest absolute Gasteiger partial charge is 0.0704 e. The van der Waals surface area contributed by atoms with E-state index >= 15 is 0 Å². The minimum absolute atomic E-state index is 0.0971. The Hall–Kier alpha value is -1.41. The first-order valence-electron chi connectivity index (χ1n) is 6.10. The van der Waals surface area contributed by atoms with Crippen molar-refractivity contribution >= 4 is 10.9 Å². The molecule has 0 aliphatic carbocycles. The molecule has 0 aliphatic rings. The summed E-state index contributed by atoms with van der Waals surface area (Å²) in [6.45, 7) is 6.53. The van der Waals surface area contributed by atoms with Crippen LogP contribution >= 0.6 is 0 Å². The van der Waals surface area contributed by atoms with Gasteiger partial charge in [-0.05, 0) is 36.5 Å². The van der Waals surface area contributed by atoms with Crippen LogP contribution in [-0.2, 0) is 5.41 Å². The van der Waals surface area contributed by atoms with Crippen molar-refractivity contribution in [1.82, 2.24) is 4.98 Å². The normalized spacial score (nSPS) is 13.9. The van der Waals surface area contributed by atoms with E-state index in [9.17, 15) is 0 Å². The van der Waals surface area contributed by atoms with E-state index < -0.39 is 0 Å². The number of rotatable bonds is 3. The largest absolute Gasteiger partial charge is 0.328 e. The first-order chi connectivity index (χ1) is 7.99. The highest BCUT2D eigenvalue weighted by Crippen LogP contribution is 2.29. The maximum absolute atomic E-state index is 5.91. The van der Waals surface area contributed by atoms with Gasteiger partial charge < -0.3 is 5.73 Å². The van der Waals surface area contributed by atoms with E-state index in [1.807, 2.05) is 12.3 Å². The molecule has 90 valence electrons. The molecule has 2 N–H and O–H groups in total. The van der Waals surface area contributed by atoms with Crippen molar-refractivity contribution in [1.29, 1.82) is 0 Å². The Kier molecular flexibility index (Phi) is 3.16. The van der Waals surface area contributed by atoms with Crippen molar-refractivity contribution < 1.29 is 0 Å². The number of nitrogens with two attached hydrogens (primary N) is 1. The summed E-state index contributed by atoms with van der Waals surface area (Å²) < 4.78 is 0. The minimum atomic E-state index is 0.0971. The zero-order valence-corrected chi connectivity index (χ0v) is 10.8. The van der Waals surface area contributed by atoms with Gasteiger partial charge in [0.1, 0.15) is 0 Å². The third-order valence-electron chi connectivity index (χ3n) is 3.22. The quantitative estimate of drug-likeness (QED) is 0.875. The van der Waals surface area contributed by atoms with Crippen molar-refractivity contribution in [3.05, 3.63) is 42.1 Å². The van der Waals surface area contributed by atoms with Gasteiger partial charge in [-0.1, -0.05) is 32.0 Å². The van der Waals surface area contributed by atoms with Gasteiger partial charge in [0.2, 0.25) is 0 Å².